The molecule has 2 aromatic heterocycles. The van der Waals surface area contributed by atoms with E-state index in [2.05, 4.69) is 59.2 Å². The van der Waals surface area contributed by atoms with Gasteiger partial charge >= 0.3 is 0 Å². The van der Waals surface area contributed by atoms with Crippen LogP contribution in [0.1, 0.15) is 55.3 Å². The van der Waals surface area contributed by atoms with E-state index in [1.807, 2.05) is 27.0 Å². The summed E-state index contributed by atoms with van der Waals surface area (Å²) in [4.78, 5) is 31.5. The number of likely N-dealkylation sites (tertiary alicyclic amines) is 1. The summed E-state index contributed by atoms with van der Waals surface area (Å²) < 4.78 is 1.80. The number of benzene rings is 1. The van der Waals surface area contributed by atoms with Crippen molar-refractivity contribution in [3.05, 3.63) is 52.6 Å². The number of fused-ring (bicyclic) bond motifs is 1. The second-order valence-electron chi connectivity index (χ2n) is 10.6. The quantitative estimate of drug-likeness (QED) is 0.434. The number of hydrogen-bond acceptors (Lipinski definition) is 5. The lowest BCUT2D eigenvalue weighted by Gasteiger charge is -2.20. The van der Waals surface area contributed by atoms with E-state index in [-0.39, 0.29) is 29.2 Å². The van der Waals surface area contributed by atoms with Crippen molar-refractivity contribution in [2.45, 2.75) is 52.6 Å². The molecule has 0 bridgehead atoms. The summed E-state index contributed by atoms with van der Waals surface area (Å²) in [6.07, 6.45) is 1.31. The fourth-order valence-electron chi connectivity index (χ4n) is 4.78. The number of aryl methyl sites for hydroxylation is 1. The van der Waals surface area contributed by atoms with Crippen LogP contribution in [0.2, 0.25) is 5.02 Å². The molecular formula is C26H34ClN7O2. The van der Waals surface area contributed by atoms with E-state index in [9.17, 15) is 9.59 Å². The number of rotatable bonds is 6. The van der Waals surface area contributed by atoms with E-state index < -0.39 is 0 Å². The van der Waals surface area contributed by atoms with Crippen LogP contribution in [-0.4, -0.2) is 55.6 Å². The SMILES string of the molecule is C=CC(=O)N1C[C@H](NC(=O)c2c(C)nc(CNc3n[nH]c4cc(Cl)c(C(C)(C)C)cc34)n2C)[C@@H](C)C1. The molecule has 2 amide bonds. The molecule has 1 fully saturated rings. The van der Waals surface area contributed by atoms with E-state index in [0.717, 1.165) is 16.5 Å². The van der Waals surface area contributed by atoms with Crippen molar-refractivity contribution in [1.29, 1.82) is 0 Å². The highest BCUT2D eigenvalue weighted by molar-refractivity contribution is 6.32. The molecule has 0 saturated carbocycles. The van der Waals surface area contributed by atoms with Gasteiger partial charge < -0.3 is 20.1 Å². The fraction of sp³-hybridized carbons (Fsp3) is 0.462. The van der Waals surface area contributed by atoms with Gasteiger partial charge in [0.1, 0.15) is 11.5 Å². The lowest BCUT2D eigenvalue weighted by Crippen LogP contribution is -2.41. The van der Waals surface area contributed by atoms with Crippen molar-refractivity contribution in [3.8, 4) is 0 Å². The lowest BCUT2D eigenvalue weighted by atomic mass is 9.86. The van der Waals surface area contributed by atoms with Gasteiger partial charge in [-0.2, -0.15) is 5.10 Å². The Balaban J connectivity index is 1.50. The van der Waals surface area contributed by atoms with Crippen molar-refractivity contribution in [2.75, 3.05) is 18.4 Å². The molecule has 1 aromatic carbocycles. The normalized spacial score (nSPS) is 18.0. The number of H-pyrrole nitrogens is 1. The molecule has 1 saturated heterocycles. The fourth-order valence-corrected chi connectivity index (χ4v) is 5.23. The third-order valence-electron chi connectivity index (χ3n) is 6.86. The number of carbonyl (C=O) groups is 2. The molecule has 0 radical (unpaired) electrons. The van der Waals surface area contributed by atoms with Gasteiger partial charge in [-0.1, -0.05) is 45.9 Å². The number of amides is 2. The zero-order valence-electron chi connectivity index (χ0n) is 21.7. The molecule has 3 heterocycles. The summed E-state index contributed by atoms with van der Waals surface area (Å²) in [6, 6.07) is 3.84. The molecule has 9 nitrogen and oxygen atoms in total. The van der Waals surface area contributed by atoms with Gasteiger partial charge in [-0.05, 0) is 42.0 Å². The average molecular weight is 512 g/mol. The van der Waals surface area contributed by atoms with Crippen LogP contribution < -0.4 is 10.6 Å². The summed E-state index contributed by atoms with van der Waals surface area (Å²) in [6.45, 7) is 15.2. The zero-order chi connectivity index (χ0) is 26.4. The van der Waals surface area contributed by atoms with Gasteiger partial charge in [-0.3, -0.25) is 14.7 Å². The maximum atomic E-state index is 13.2. The molecular weight excluding hydrogens is 478 g/mol. The molecule has 0 unspecified atom stereocenters. The summed E-state index contributed by atoms with van der Waals surface area (Å²) >= 11 is 6.50. The highest BCUT2D eigenvalue weighted by Gasteiger charge is 2.33. The van der Waals surface area contributed by atoms with Crippen LogP contribution in [0.15, 0.2) is 24.8 Å². The standard InChI is InChI=1S/C26H34ClN7O2/c1-8-22(35)34-12-14(2)20(13-34)30-25(36)23-15(3)29-21(33(23)7)11-28-24-16-9-17(26(4,5)6)18(27)10-19(16)31-32-24/h8-10,14,20H,1,11-13H2,2-7H3,(H,30,36)(H2,28,31,32)/t14-,20-/m0/s1. The van der Waals surface area contributed by atoms with E-state index in [4.69, 9.17) is 11.6 Å². The van der Waals surface area contributed by atoms with Crippen LogP contribution in [0.3, 0.4) is 0 Å². The van der Waals surface area contributed by atoms with Crippen LogP contribution >= 0.6 is 11.6 Å². The van der Waals surface area contributed by atoms with Crippen molar-refractivity contribution in [3.63, 3.8) is 0 Å². The largest absolute Gasteiger partial charge is 0.361 e. The topological polar surface area (TPSA) is 108 Å². The van der Waals surface area contributed by atoms with Gasteiger partial charge in [0.25, 0.3) is 5.91 Å². The number of nitrogens with one attached hydrogen (secondary N) is 3. The molecule has 3 aromatic rings. The number of imidazole rings is 1. The Labute approximate surface area is 216 Å². The van der Waals surface area contributed by atoms with Crippen molar-refractivity contribution in [2.24, 2.45) is 13.0 Å². The maximum Gasteiger partial charge on any atom is 0.270 e. The van der Waals surface area contributed by atoms with Crippen LogP contribution in [0, 0.1) is 12.8 Å². The third-order valence-corrected chi connectivity index (χ3v) is 7.18. The number of hydrogen-bond donors (Lipinski definition) is 3. The number of nitrogens with zero attached hydrogens (tertiary/aromatic N) is 4. The number of aromatic amines is 1. The number of aromatic nitrogens is 4. The highest BCUT2D eigenvalue weighted by atomic mass is 35.5. The summed E-state index contributed by atoms with van der Waals surface area (Å²) in [5.74, 6) is 1.24. The van der Waals surface area contributed by atoms with Crippen LogP contribution in [0.5, 0.6) is 0 Å². The predicted molar refractivity (Wildman–Crippen MR) is 142 cm³/mol. The monoisotopic (exact) mass is 511 g/mol. The molecule has 4 rings (SSSR count). The molecule has 0 aliphatic carbocycles. The van der Waals surface area contributed by atoms with E-state index in [1.54, 1.807) is 9.47 Å². The Hall–Kier alpha value is -3.33. The Morgan fingerprint density at radius 1 is 1.31 bits per heavy atom. The van der Waals surface area contributed by atoms with Crippen LogP contribution in [0.25, 0.3) is 10.9 Å². The van der Waals surface area contributed by atoms with Crippen LogP contribution in [-0.2, 0) is 23.8 Å². The summed E-state index contributed by atoms with van der Waals surface area (Å²) in [5, 5.41) is 15.5. The number of halogens is 1. The molecule has 192 valence electrons. The summed E-state index contributed by atoms with van der Waals surface area (Å²) in [5.41, 5.74) is 2.93. The molecule has 1 aliphatic rings. The van der Waals surface area contributed by atoms with Gasteiger partial charge in [0.2, 0.25) is 5.91 Å². The van der Waals surface area contributed by atoms with Crippen molar-refractivity contribution < 1.29 is 9.59 Å². The zero-order valence-corrected chi connectivity index (χ0v) is 22.5. The van der Waals surface area contributed by atoms with Crippen molar-refractivity contribution >= 4 is 40.1 Å². The van der Waals surface area contributed by atoms with Gasteiger partial charge in [0.05, 0.1) is 23.8 Å². The first-order chi connectivity index (χ1) is 16.9. The second kappa shape index (κ2) is 9.61. The Morgan fingerprint density at radius 2 is 2.03 bits per heavy atom. The Kier molecular flexibility index (Phi) is 6.88. The highest BCUT2D eigenvalue weighted by Crippen LogP contribution is 2.34. The minimum absolute atomic E-state index is 0.105. The van der Waals surface area contributed by atoms with E-state index >= 15 is 0 Å². The predicted octanol–water partition coefficient (Wildman–Crippen LogP) is 3.93. The first kappa shape index (κ1) is 25.8. The third kappa shape index (κ3) is 4.84. The molecule has 1 aliphatic heterocycles. The maximum absolute atomic E-state index is 13.2. The minimum atomic E-state index is -0.201. The number of carbonyl (C=O) groups excluding carboxylic acids is 2. The Bertz CT molecular complexity index is 1330. The van der Waals surface area contributed by atoms with Crippen LogP contribution in [0.4, 0.5) is 5.82 Å². The second-order valence-corrected chi connectivity index (χ2v) is 11.0. The van der Waals surface area contributed by atoms with Crippen molar-refractivity contribution in [1.82, 2.24) is 30.0 Å². The smallest absolute Gasteiger partial charge is 0.270 e. The molecule has 10 heteroatoms. The molecule has 3 N–H and O–H groups in total. The minimum Gasteiger partial charge on any atom is -0.361 e. The first-order valence-corrected chi connectivity index (χ1v) is 12.4. The lowest BCUT2D eigenvalue weighted by molar-refractivity contribution is -0.125. The molecule has 36 heavy (non-hydrogen) atoms. The summed E-state index contributed by atoms with van der Waals surface area (Å²) in [7, 11) is 1.83. The number of anilines is 1. The van der Waals surface area contributed by atoms with Gasteiger partial charge in [-0.15, -0.1) is 0 Å². The Morgan fingerprint density at radius 3 is 2.69 bits per heavy atom. The molecule has 2 atom stereocenters. The van der Waals surface area contributed by atoms with E-state index in [1.165, 1.54) is 6.08 Å². The van der Waals surface area contributed by atoms with Gasteiger partial charge in [0.15, 0.2) is 5.82 Å². The first-order valence-electron chi connectivity index (χ1n) is 12.1. The average Bonchev–Trinajstić information content (AvgIpc) is 3.45. The van der Waals surface area contributed by atoms with Gasteiger partial charge in [0, 0.05) is 30.5 Å². The van der Waals surface area contributed by atoms with E-state index in [0.29, 0.717) is 47.7 Å². The molecule has 0 spiro atoms. The van der Waals surface area contributed by atoms with Gasteiger partial charge in [-0.25, -0.2) is 4.98 Å².